The molecule has 7 heteroatoms. The summed E-state index contributed by atoms with van der Waals surface area (Å²) < 4.78 is 31.1. The van der Waals surface area contributed by atoms with Crippen LogP contribution in [-0.4, -0.2) is 36.7 Å². The fraction of sp³-hybridized carbons (Fsp3) is 0.333. The maximum atomic E-state index is 13.3. The molecule has 0 fully saturated rings. The minimum Gasteiger partial charge on any atom is -0.479 e. The average molecular weight is 273 g/mol. The highest BCUT2D eigenvalue weighted by Crippen LogP contribution is 2.12. The van der Waals surface area contributed by atoms with Gasteiger partial charge in [-0.25, -0.2) is 13.6 Å². The van der Waals surface area contributed by atoms with Crippen LogP contribution in [0.5, 0.6) is 0 Å². The van der Waals surface area contributed by atoms with Crippen molar-refractivity contribution < 1.29 is 28.2 Å². The van der Waals surface area contributed by atoms with Gasteiger partial charge >= 0.3 is 5.97 Å². The van der Waals surface area contributed by atoms with E-state index in [-0.39, 0.29) is 12.1 Å². The van der Waals surface area contributed by atoms with Crippen LogP contribution in [0.4, 0.5) is 8.78 Å². The van der Waals surface area contributed by atoms with E-state index >= 15 is 0 Å². The first-order valence-corrected chi connectivity index (χ1v) is 5.41. The summed E-state index contributed by atoms with van der Waals surface area (Å²) in [5.41, 5.74) is -0.357. The fourth-order valence-electron chi connectivity index (χ4n) is 1.40. The summed E-state index contributed by atoms with van der Waals surface area (Å²) in [6.07, 6.45) is -1.71. The van der Waals surface area contributed by atoms with E-state index in [4.69, 9.17) is 5.11 Å². The number of nitrogens with one attached hydrogen (secondary N) is 1. The molecule has 1 aromatic carbocycles. The first kappa shape index (κ1) is 15.0. The van der Waals surface area contributed by atoms with Crippen LogP contribution >= 0.6 is 0 Å². The predicted molar refractivity (Wildman–Crippen MR) is 61.5 cm³/mol. The molecular weight excluding hydrogens is 260 g/mol. The van der Waals surface area contributed by atoms with Gasteiger partial charge in [0.25, 0.3) is 0 Å². The summed E-state index contributed by atoms with van der Waals surface area (Å²) in [4.78, 5) is 22.1. The molecule has 1 rings (SSSR count). The Morgan fingerprint density at radius 1 is 1.37 bits per heavy atom. The lowest BCUT2D eigenvalue weighted by molar-refractivity contribution is -0.148. The summed E-state index contributed by atoms with van der Waals surface area (Å²) in [7, 11) is 1.18. The normalized spacial score (nSPS) is 11.9. The second kappa shape index (κ2) is 6.79. The van der Waals surface area contributed by atoms with E-state index in [9.17, 15) is 18.4 Å². The Kier molecular flexibility index (Phi) is 5.37. The van der Waals surface area contributed by atoms with Crippen LogP contribution in [0, 0.1) is 11.6 Å². The Hall–Kier alpha value is -2.02. The summed E-state index contributed by atoms with van der Waals surface area (Å²) in [5.74, 6) is -3.57. The molecule has 0 spiro atoms. The number of halogens is 2. The lowest BCUT2D eigenvalue weighted by Gasteiger charge is -2.11. The molecule has 0 aliphatic heterocycles. The molecule has 0 radical (unpaired) electrons. The van der Waals surface area contributed by atoms with Crippen LogP contribution < -0.4 is 5.32 Å². The van der Waals surface area contributed by atoms with Crippen LogP contribution in [0.1, 0.15) is 5.56 Å². The molecule has 0 aromatic heterocycles. The number of carbonyl (C=O) groups excluding carboxylic acids is 1. The first-order valence-electron chi connectivity index (χ1n) is 5.41. The fourth-order valence-corrected chi connectivity index (χ4v) is 1.40. The topological polar surface area (TPSA) is 75.6 Å². The monoisotopic (exact) mass is 273 g/mol. The van der Waals surface area contributed by atoms with Crippen molar-refractivity contribution in [1.82, 2.24) is 5.32 Å². The molecule has 0 saturated heterocycles. The molecular formula is C12H13F2NO4. The Bertz CT molecular complexity index is 459. The molecule has 2 N–H and O–H groups in total. The molecule has 1 unspecified atom stereocenters. The van der Waals surface area contributed by atoms with Gasteiger partial charge in [0.15, 0.2) is 6.10 Å². The molecule has 1 amide bonds. The summed E-state index contributed by atoms with van der Waals surface area (Å²) in [5, 5.41) is 10.9. The summed E-state index contributed by atoms with van der Waals surface area (Å²) in [6, 6.07) is 3.28. The van der Waals surface area contributed by atoms with Crippen LogP contribution in [0.3, 0.4) is 0 Å². The van der Waals surface area contributed by atoms with Gasteiger partial charge in [0.05, 0.1) is 13.0 Å². The quantitative estimate of drug-likeness (QED) is 0.801. The predicted octanol–water partition coefficient (Wildman–Crippen LogP) is 0.723. The largest absolute Gasteiger partial charge is 0.479 e. The van der Waals surface area contributed by atoms with E-state index in [0.29, 0.717) is 0 Å². The number of carbonyl (C=O) groups is 2. The Morgan fingerprint density at radius 2 is 1.95 bits per heavy atom. The first-order chi connectivity index (χ1) is 8.95. The van der Waals surface area contributed by atoms with Crippen LogP contribution in [0.25, 0.3) is 0 Å². The van der Waals surface area contributed by atoms with Crippen molar-refractivity contribution in [2.24, 2.45) is 0 Å². The van der Waals surface area contributed by atoms with Gasteiger partial charge in [-0.1, -0.05) is 6.07 Å². The lowest BCUT2D eigenvalue weighted by Crippen LogP contribution is -2.38. The Balaban J connectivity index is 2.59. The van der Waals surface area contributed by atoms with E-state index in [1.165, 1.54) is 13.2 Å². The van der Waals surface area contributed by atoms with Crippen LogP contribution in [-0.2, 0) is 20.7 Å². The molecule has 0 heterocycles. The molecule has 19 heavy (non-hydrogen) atoms. The number of hydrogen-bond acceptors (Lipinski definition) is 3. The molecule has 0 saturated carbocycles. The molecule has 5 nitrogen and oxygen atoms in total. The second-order valence-corrected chi connectivity index (χ2v) is 3.74. The van der Waals surface area contributed by atoms with Gasteiger partial charge in [0.1, 0.15) is 11.6 Å². The number of benzene rings is 1. The maximum Gasteiger partial charge on any atom is 0.334 e. The zero-order chi connectivity index (χ0) is 14.4. The minimum absolute atomic E-state index is 0.277. The lowest BCUT2D eigenvalue weighted by atomic mass is 10.1. The van der Waals surface area contributed by atoms with E-state index in [1.54, 1.807) is 0 Å². The van der Waals surface area contributed by atoms with Crippen molar-refractivity contribution in [2.45, 2.75) is 12.5 Å². The van der Waals surface area contributed by atoms with E-state index in [1.807, 2.05) is 0 Å². The molecule has 1 aromatic rings. The van der Waals surface area contributed by atoms with Gasteiger partial charge in [0, 0.05) is 12.7 Å². The third kappa shape index (κ3) is 4.29. The zero-order valence-corrected chi connectivity index (χ0v) is 10.2. The van der Waals surface area contributed by atoms with Crippen LogP contribution in [0.15, 0.2) is 18.2 Å². The summed E-state index contributed by atoms with van der Waals surface area (Å²) in [6.45, 7) is -0.277. The molecule has 0 aliphatic carbocycles. The SMILES string of the molecule is COC(CNC(=O)Cc1c(F)cccc1F)C(=O)O. The van der Waals surface area contributed by atoms with Crippen molar-refractivity contribution in [2.75, 3.05) is 13.7 Å². The number of methoxy groups -OCH3 is 1. The minimum atomic E-state index is -1.24. The van der Waals surface area contributed by atoms with E-state index in [0.717, 1.165) is 12.1 Å². The van der Waals surface area contributed by atoms with Crippen molar-refractivity contribution in [3.05, 3.63) is 35.4 Å². The number of hydrogen-bond donors (Lipinski definition) is 2. The van der Waals surface area contributed by atoms with E-state index < -0.39 is 36.0 Å². The second-order valence-electron chi connectivity index (χ2n) is 3.74. The number of carboxylic acids is 1. The van der Waals surface area contributed by atoms with Crippen molar-refractivity contribution in [3.63, 3.8) is 0 Å². The number of rotatable bonds is 6. The van der Waals surface area contributed by atoms with Gasteiger partial charge in [-0.2, -0.15) is 0 Å². The third-order valence-corrected chi connectivity index (χ3v) is 2.44. The van der Waals surface area contributed by atoms with Gasteiger partial charge in [-0.15, -0.1) is 0 Å². The summed E-state index contributed by atoms with van der Waals surface area (Å²) >= 11 is 0. The number of amides is 1. The molecule has 0 aliphatic rings. The number of carboxylic acid groups (broad SMARTS) is 1. The standard InChI is InChI=1S/C12H13F2NO4/c1-19-10(12(17)18)6-15-11(16)5-7-8(13)3-2-4-9(7)14/h2-4,10H,5-6H2,1H3,(H,15,16)(H,17,18). The maximum absolute atomic E-state index is 13.3. The van der Waals surface area contributed by atoms with Gasteiger partial charge in [0.2, 0.25) is 5.91 Å². The van der Waals surface area contributed by atoms with Gasteiger partial charge in [-0.05, 0) is 12.1 Å². The van der Waals surface area contributed by atoms with Crippen molar-refractivity contribution >= 4 is 11.9 Å². The molecule has 1 atom stereocenters. The number of aliphatic carboxylic acids is 1. The van der Waals surface area contributed by atoms with Gasteiger partial charge in [-0.3, -0.25) is 4.79 Å². The van der Waals surface area contributed by atoms with Crippen LogP contribution in [0.2, 0.25) is 0 Å². The van der Waals surface area contributed by atoms with Gasteiger partial charge < -0.3 is 15.2 Å². The molecule has 0 bridgehead atoms. The smallest absolute Gasteiger partial charge is 0.334 e. The molecule has 104 valence electrons. The number of ether oxygens (including phenoxy) is 1. The Morgan fingerprint density at radius 3 is 2.42 bits per heavy atom. The Labute approximate surface area is 108 Å². The average Bonchev–Trinajstić information content (AvgIpc) is 2.34. The highest BCUT2D eigenvalue weighted by atomic mass is 19.1. The highest BCUT2D eigenvalue weighted by molar-refractivity contribution is 5.80. The zero-order valence-electron chi connectivity index (χ0n) is 10.2. The van der Waals surface area contributed by atoms with E-state index in [2.05, 4.69) is 10.1 Å². The highest BCUT2D eigenvalue weighted by Gasteiger charge is 2.18. The van der Waals surface area contributed by atoms with Crippen molar-refractivity contribution in [3.8, 4) is 0 Å². The third-order valence-electron chi connectivity index (χ3n) is 2.44. The van der Waals surface area contributed by atoms with Crippen molar-refractivity contribution in [1.29, 1.82) is 0 Å².